The quantitative estimate of drug-likeness (QED) is 0.691. The van der Waals surface area contributed by atoms with E-state index in [4.69, 9.17) is 0 Å². The predicted octanol–water partition coefficient (Wildman–Crippen LogP) is 2.06. The summed E-state index contributed by atoms with van der Waals surface area (Å²) < 4.78 is 2.06. The summed E-state index contributed by atoms with van der Waals surface area (Å²) in [6, 6.07) is 0. The van der Waals surface area contributed by atoms with Crippen LogP contribution >= 0.6 is 11.8 Å². The van der Waals surface area contributed by atoms with Gasteiger partial charge in [-0.2, -0.15) is 11.8 Å². The molecule has 0 aromatic carbocycles. The van der Waals surface area contributed by atoms with Gasteiger partial charge in [0.15, 0.2) is 0 Å². The van der Waals surface area contributed by atoms with E-state index in [2.05, 4.69) is 23.4 Å². The Bertz CT molecular complexity index is 218. The van der Waals surface area contributed by atoms with Crippen LogP contribution < -0.4 is 0 Å². The molecular formula is C8H14N2S. The highest BCUT2D eigenvalue weighted by Crippen LogP contribution is 2.14. The van der Waals surface area contributed by atoms with Crippen molar-refractivity contribution in [1.82, 2.24) is 9.55 Å². The predicted molar refractivity (Wildman–Crippen MR) is 49.6 cm³/mol. The molecule has 0 bridgehead atoms. The van der Waals surface area contributed by atoms with Crippen LogP contribution in [-0.4, -0.2) is 14.8 Å². The van der Waals surface area contributed by atoms with Gasteiger partial charge in [0.25, 0.3) is 0 Å². The van der Waals surface area contributed by atoms with Gasteiger partial charge in [0, 0.05) is 19.4 Å². The zero-order chi connectivity index (χ0) is 8.27. The zero-order valence-electron chi connectivity index (χ0n) is 7.24. The van der Waals surface area contributed by atoms with Crippen LogP contribution in [0, 0.1) is 0 Å². The Labute approximate surface area is 72.0 Å². The van der Waals surface area contributed by atoms with Crippen molar-refractivity contribution in [1.29, 1.82) is 0 Å². The van der Waals surface area contributed by atoms with E-state index in [0.717, 1.165) is 11.6 Å². The number of thioether (sulfide) groups is 1. The van der Waals surface area contributed by atoms with E-state index < -0.39 is 0 Å². The molecule has 1 aromatic rings. The van der Waals surface area contributed by atoms with Crippen LogP contribution in [-0.2, 0) is 12.8 Å². The van der Waals surface area contributed by atoms with Crippen molar-refractivity contribution in [3.8, 4) is 0 Å². The van der Waals surface area contributed by atoms with Crippen molar-refractivity contribution in [2.75, 3.05) is 0 Å². The fraction of sp³-hybridized carbons (Fsp3) is 0.625. The van der Waals surface area contributed by atoms with E-state index in [1.807, 2.05) is 31.2 Å². The largest absolute Gasteiger partial charge is 0.337 e. The summed E-state index contributed by atoms with van der Waals surface area (Å²) in [6.07, 6.45) is 3.83. The lowest BCUT2D eigenvalue weighted by molar-refractivity contribution is 0.848. The molecule has 3 heteroatoms. The molecule has 0 radical (unpaired) electrons. The molecular weight excluding hydrogens is 156 g/mol. The minimum absolute atomic E-state index is 0.687. The van der Waals surface area contributed by atoms with Gasteiger partial charge in [-0.3, -0.25) is 0 Å². The van der Waals surface area contributed by atoms with Gasteiger partial charge in [0.1, 0.15) is 5.82 Å². The van der Waals surface area contributed by atoms with Crippen LogP contribution in [0.1, 0.15) is 19.7 Å². The third kappa shape index (κ3) is 2.58. The smallest absolute Gasteiger partial charge is 0.118 e. The molecule has 0 atom stereocenters. The van der Waals surface area contributed by atoms with E-state index in [1.165, 1.54) is 0 Å². The Hall–Kier alpha value is -0.440. The summed E-state index contributed by atoms with van der Waals surface area (Å²) in [5.41, 5.74) is 0. The monoisotopic (exact) mass is 170 g/mol. The van der Waals surface area contributed by atoms with Gasteiger partial charge >= 0.3 is 0 Å². The average Bonchev–Trinajstić information content (AvgIpc) is 2.31. The highest BCUT2D eigenvalue weighted by Gasteiger charge is 2.00. The van der Waals surface area contributed by atoms with E-state index >= 15 is 0 Å². The highest BCUT2D eigenvalue weighted by molar-refractivity contribution is 7.99. The second kappa shape index (κ2) is 3.81. The number of nitrogens with zero attached hydrogens (tertiary/aromatic N) is 2. The molecule has 0 spiro atoms. The van der Waals surface area contributed by atoms with Crippen LogP contribution in [0.5, 0.6) is 0 Å². The van der Waals surface area contributed by atoms with Crippen LogP contribution in [0.25, 0.3) is 0 Å². The van der Waals surface area contributed by atoms with Crippen molar-refractivity contribution in [3.05, 3.63) is 18.2 Å². The lowest BCUT2D eigenvalue weighted by Gasteiger charge is -2.03. The van der Waals surface area contributed by atoms with Crippen molar-refractivity contribution in [2.24, 2.45) is 7.05 Å². The highest BCUT2D eigenvalue weighted by atomic mass is 32.2. The summed E-state index contributed by atoms with van der Waals surface area (Å²) in [7, 11) is 2.03. The van der Waals surface area contributed by atoms with E-state index in [0.29, 0.717) is 5.25 Å². The van der Waals surface area contributed by atoms with Crippen molar-refractivity contribution < 1.29 is 0 Å². The molecule has 0 fully saturated rings. The fourth-order valence-electron chi connectivity index (χ4n) is 0.777. The first kappa shape index (κ1) is 8.65. The standard InChI is InChI=1S/C8H14N2S/c1-7(2)11-6-8-9-4-5-10(8)3/h4-5,7H,6H2,1-3H3. The molecule has 62 valence electrons. The number of hydrogen-bond acceptors (Lipinski definition) is 2. The Balaban J connectivity index is 2.44. The fourth-order valence-corrected chi connectivity index (χ4v) is 1.54. The Kier molecular flexibility index (Phi) is 3.00. The normalized spacial score (nSPS) is 10.9. The topological polar surface area (TPSA) is 17.8 Å². The molecule has 1 heterocycles. The Morgan fingerprint density at radius 2 is 2.36 bits per heavy atom. The summed E-state index contributed by atoms with van der Waals surface area (Å²) in [6.45, 7) is 4.40. The third-order valence-electron chi connectivity index (χ3n) is 1.47. The molecule has 11 heavy (non-hydrogen) atoms. The minimum atomic E-state index is 0.687. The molecule has 0 aliphatic heterocycles. The van der Waals surface area contributed by atoms with Crippen LogP contribution in [0.2, 0.25) is 0 Å². The van der Waals surface area contributed by atoms with Crippen LogP contribution in [0.4, 0.5) is 0 Å². The SMILES string of the molecule is CC(C)SCc1nccn1C. The minimum Gasteiger partial charge on any atom is -0.337 e. The van der Waals surface area contributed by atoms with Gasteiger partial charge in [0.2, 0.25) is 0 Å². The molecule has 0 N–H and O–H groups in total. The zero-order valence-corrected chi connectivity index (χ0v) is 8.06. The maximum absolute atomic E-state index is 4.23. The molecule has 0 amide bonds. The van der Waals surface area contributed by atoms with Crippen molar-refractivity contribution >= 4 is 11.8 Å². The molecule has 0 aliphatic rings. The molecule has 1 rings (SSSR count). The van der Waals surface area contributed by atoms with Crippen LogP contribution in [0.15, 0.2) is 12.4 Å². The molecule has 2 nitrogen and oxygen atoms in total. The van der Waals surface area contributed by atoms with Gasteiger partial charge < -0.3 is 4.57 Å². The second-order valence-electron chi connectivity index (χ2n) is 2.81. The molecule has 1 aromatic heterocycles. The van der Waals surface area contributed by atoms with Crippen molar-refractivity contribution in [2.45, 2.75) is 24.9 Å². The molecule has 0 saturated heterocycles. The maximum atomic E-state index is 4.23. The summed E-state index contributed by atoms with van der Waals surface area (Å²) in [4.78, 5) is 4.23. The van der Waals surface area contributed by atoms with E-state index in [1.54, 1.807) is 0 Å². The summed E-state index contributed by atoms with van der Waals surface area (Å²) >= 11 is 1.92. The molecule has 0 unspecified atom stereocenters. The molecule has 0 aliphatic carbocycles. The van der Waals surface area contributed by atoms with Gasteiger partial charge in [-0.25, -0.2) is 4.98 Å². The van der Waals surface area contributed by atoms with Gasteiger partial charge in [-0.1, -0.05) is 13.8 Å². The first-order chi connectivity index (χ1) is 5.20. The van der Waals surface area contributed by atoms with Gasteiger partial charge in [-0.05, 0) is 5.25 Å². The van der Waals surface area contributed by atoms with Gasteiger partial charge in [0.05, 0.1) is 5.75 Å². The Morgan fingerprint density at radius 1 is 1.64 bits per heavy atom. The van der Waals surface area contributed by atoms with Gasteiger partial charge in [-0.15, -0.1) is 0 Å². The summed E-state index contributed by atoms with van der Waals surface area (Å²) in [5.74, 6) is 2.17. The van der Waals surface area contributed by atoms with Crippen molar-refractivity contribution in [3.63, 3.8) is 0 Å². The molecule has 0 saturated carbocycles. The lowest BCUT2D eigenvalue weighted by Crippen LogP contribution is -1.97. The summed E-state index contributed by atoms with van der Waals surface area (Å²) in [5, 5.41) is 0.687. The number of imidazole rings is 1. The number of aryl methyl sites for hydroxylation is 1. The lowest BCUT2D eigenvalue weighted by atomic mass is 10.6. The van der Waals surface area contributed by atoms with E-state index in [9.17, 15) is 0 Å². The van der Waals surface area contributed by atoms with E-state index in [-0.39, 0.29) is 0 Å². The second-order valence-corrected chi connectivity index (χ2v) is 4.38. The number of rotatable bonds is 3. The first-order valence-electron chi connectivity index (χ1n) is 3.78. The maximum Gasteiger partial charge on any atom is 0.118 e. The van der Waals surface area contributed by atoms with Crippen LogP contribution in [0.3, 0.4) is 0 Å². The Morgan fingerprint density at radius 3 is 2.82 bits per heavy atom. The number of hydrogen-bond donors (Lipinski definition) is 0. The average molecular weight is 170 g/mol. The third-order valence-corrected chi connectivity index (χ3v) is 2.56. The number of aromatic nitrogens is 2. The first-order valence-corrected chi connectivity index (χ1v) is 4.83.